The molecule has 0 spiro atoms. The first-order valence-electron chi connectivity index (χ1n) is 6.60. The van der Waals surface area contributed by atoms with Crippen molar-refractivity contribution in [3.63, 3.8) is 0 Å². The summed E-state index contributed by atoms with van der Waals surface area (Å²) in [7, 11) is 1.34. The van der Waals surface area contributed by atoms with E-state index >= 15 is 0 Å². The molecule has 1 amide bonds. The number of carbonyl (C=O) groups excluding carboxylic acids is 1. The monoisotopic (exact) mass is 317 g/mol. The van der Waals surface area contributed by atoms with E-state index in [0.29, 0.717) is 0 Å². The number of anilines is 1. The molecule has 0 fully saturated rings. The Morgan fingerprint density at radius 2 is 2.00 bits per heavy atom. The van der Waals surface area contributed by atoms with Crippen LogP contribution in [0.1, 0.15) is 15.9 Å². The Kier molecular flexibility index (Phi) is 4.65. The standard InChI is InChI=1S/C15H15N3O5/c1-23-13-7-10(15(16)20)6-12(18(21)22)14(13)17-8-9-2-4-11(19)5-3-9/h2-7,17,19H,8H2,1H3,(H2,16,20). The van der Waals surface area contributed by atoms with E-state index in [9.17, 15) is 20.0 Å². The summed E-state index contributed by atoms with van der Waals surface area (Å²) in [6.07, 6.45) is 0. The van der Waals surface area contributed by atoms with E-state index in [1.54, 1.807) is 12.1 Å². The Hall–Kier alpha value is -3.29. The Labute approximate surface area is 131 Å². The van der Waals surface area contributed by atoms with Crippen molar-refractivity contribution in [1.82, 2.24) is 0 Å². The van der Waals surface area contributed by atoms with Crippen LogP contribution in [0.5, 0.6) is 11.5 Å². The van der Waals surface area contributed by atoms with Crippen molar-refractivity contribution >= 4 is 17.3 Å². The van der Waals surface area contributed by atoms with Gasteiger partial charge < -0.3 is 20.9 Å². The lowest BCUT2D eigenvalue weighted by atomic mass is 10.1. The molecule has 0 unspecified atom stereocenters. The molecular weight excluding hydrogens is 302 g/mol. The Morgan fingerprint density at radius 1 is 1.35 bits per heavy atom. The first-order chi connectivity index (χ1) is 10.9. The minimum Gasteiger partial charge on any atom is -0.508 e. The second-order valence-corrected chi connectivity index (χ2v) is 4.71. The average Bonchev–Trinajstić information content (AvgIpc) is 2.53. The van der Waals surface area contributed by atoms with Gasteiger partial charge in [0.2, 0.25) is 5.91 Å². The largest absolute Gasteiger partial charge is 0.508 e. The number of hydrogen-bond acceptors (Lipinski definition) is 6. The van der Waals surface area contributed by atoms with Crippen molar-refractivity contribution in [3.8, 4) is 11.5 Å². The molecule has 23 heavy (non-hydrogen) atoms. The van der Waals surface area contributed by atoms with Crippen molar-refractivity contribution in [2.75, 3.05) is 12.4 Å². The van der Waals surface area contributed by atoms with E-state index in [-0.39, 0.29) is 35.0 Å². The number of primary amides is 1. The van der Waals surface area contributed by atoms with Gasteiger partial charge in [0.05, 0.1) is 12.0 Å². The zero-order valence-corrected chi connectivity index (χ0v) is 12.3. The minimum absolute atomic E-state index is 0.0104. The number of rotatable bonds is 6. The maximum atomic E-state index is 11.3. The number of methoxy groups -OCH3 is 1. The predicted octanol–water partition coefficient (Wildman–Crippen LogP) is 2.02. The van der Waals surface area contributed by atoms with E-state index in [0.717, 1.165) is 11.6 Å². The van der Waals surface area contributed by atoms with Gasteiger partial charge in [0.15, 0.2) is 5.69 Å². The van der Waals surface area contributed by atoms with E-state index in [4.69, 9.17) is 10.5 Å². The van der Waals surface area contributed by atoms with Crippen molar-refractivity contribution in [2.45, 2.75) is 6.54 Å². The van der Waals surface area contributed by atoms with Gasteiger partial charge in [-0.05, 0) is 23.8 Å². The summed E-state index contributed by atoms with van der Waals surface area (Å²) in [5.41, 5.74) is 5.81. The first kappa shape index (κ1) is 16.1. The van der Waals surface area contributed by atoms with Gasteiger partial charge in [-0.25, -0.2) is 0 Å². The third-order valence-corrected chi connectivity index (χ3v) is 3.19. The highest BCUT2D eigenvalue weighted by Gasteiger charge is 2.22. The van der Waals surface area contributed by atoms with Crippen LogP contribution in [0.2, 0.25) is 0 Å². The molecule has 4 N–H and O–H groups in total. The van der Waals surface area contributed by atoms with Crippen LogP contribution in [0.25, 0.3) is 0 Å². The molecular formula is C15H15N3O5. The van der Waals surface area contributed by atoms with Crippen LogP contribution in [0.4, 0.5) is 11.4 Å². The number of ether oxygens (including phenoxy) is 1. The molecule has 8 nitrogen and oxygen atoms in total. The number of carbonyl (C=O) groups is 1. The maximum absolute atomic E-state index is 11.3. The highest BCUT2D eigenvalue weighted by Crippen LogP contribution is 2.36. The summed E-state index contributed by atoms with van der Waals surface area (Å²) >= 11 is 0. The molecule has 0 saturated carbocycles. The summed E-state index contributed by atoms with van der Waals surface area (Å²) in [6, 6.07) is 8.83. The van der Waals surface area contributed by atoms with Crippen molar-refractivity contribution in [3.05, 3.63) is 57.6 Å². The molecule has 0 bridgehead atoms. The number of amides is 1. The number of phenolic OH excluding ortho intramolecular Hbond substituents is 1. The van der Waals surface area contributed by atoms with Crippen LogP contribution in [-0.2, 0) is 6.54 Å². The maximum Gasteiger partial charge on any atom is 0.296 e. The lowest BCUT2D eigenvalue weighted by Crippen LogP contribution is -2.13. The molecule has 0 atom stereocenters. The fourth-order valence-corrected chi connectivity index (χ4v) is 2.03. The number of nitro benzene ring substituents is 1. The van der Waals surface area contributed by atoms with E-state index in [1.807, 2.05) is 0 Å². The van der Waals surface area contributed by atoms with Crippen LogP contribution in [0, 0.1) is 10.1 Å². The Balaban J connectivity index is 2.37. The van der Waals surface area contributed by atoms with Crippen molar-refractivity contribution < 1.29 is 19.6 Å². The summed E-state index contributed by atoms with van der Waals surface area (Å²) in [6.45, 7) is 0.271. The predicted molar refractivity (Wildman–Crippen MR) is 83.6 cm³/mol. The third-order valence-electron chi connectivity index (χ3n) is 3.19. The van der Waals surface area contributed by atoms with E-state index in [2.05, 4.69) is 5.32 Å². The van der Waals surface area contributed by atoms with Crippen LogP contribution >= 0.6 is 0 Å². The Bertz CT molecular complexity index is 744. The van der Waals surface area contributed by atoms with Gasteiger partial charge in [0, 0.05) is 18.2 Å². The molecule has 2 aromatic rings. The van der Waals surface area contributed by atoms with Gasteiger partial charge in [-0.15, -0.1) is 0 Å². The zero-order chi connectivity index (χ0) is 17.0. The summed E-state index contributed by atoms with van der Waals surface area (Å²) < 4.78 is 5.12. The number of benzene rings is 2. The lowest BCUT2D eigenvalue weighted by molar-refractivity contribution is -0.384. The van der Waals surface area contributed by atoms with Crippen molar-refractivity contribution in [1.29, 1.82) is 0 Å². The molecule has 0 radical (unpaired) electrons. The second-order valence-electron chi connectivity index (χ2n) is 4.71. The van der Waals surface area contributed by atoms with Gasteiger partial charge in [-0.3, -0.25) is 14.9 Å². The topological polar surface area (TPSA) is 128 Å². The lowest BCUT2D eigenvalue weighted by Gasteiger charge is -2.13. The smallest absolute Gasteiger partial charge is 0.296 e. The molecule has 2 aromatic carbocycles. The second kappa shape index (κ2) is 6.65. The minimum atomic E-state index is -0.781. The van der Waals surface area contributed by atoms with Crippen LogP contribution in [0.15, 0.2) is 36.4 Å². The number of hydrogen-bond donors (Lipinski definition) is 3. The summed E-state index contributed by atoms with van der Waals surface area (Å²) in [5, 5.41) is 23.4. The highest BCUT2D eigenvalue weighted by molar-refractivity contribution is 5.95. The molecule has 120 valence electrons. The fraction of sp³-hybridized carbons (Fsp3) is 0.133. The van der Waals surface area contributed by atoms with Crippen LogP contribution < -0.4 is 15.8 Å². The third kappa shape index (κ3) is 3.67. The van der Waals surface area contributed by atoms with Crippen molar-refractivity contribution in [2.24, 2.45) is 5.73 Å². The SMILES string of the molecule is COc1cc(C(N)=O)cc([N+](=O)[O-])c1NCc1ccc(O)cc1. The number of nitro groups is 1. The zero-order valence-electron chi connectivity index (χ0n) is 12.3. The molecule has 0 aromatic heterocycles. The van der Waals surface area contributed by atoms with Gasteiger partial charge >= 0.3 is 0 Å². The van der Waals surface area contributed by atoms with Gasteiger partial charge in [-0.2, -0.15) is 0 Å². The molecule has 0 aliphatic rings. The number of phenols is 1. The quantitative estimate of drug-likeness (QED) is 0.552. The fourth-order valence-electron chi connectivity index (χ4n) is 2.03. The number of aromatic hydroxyl groups is 1. The van der Waals surface area contributed by atoms with Gasteiger partial charge in [0.1, 0.15) is 11.5 Å². The average molecular weight is 317 g/mol. The normalized spacial score (nSPS) is 10.1. The molecule has 0 saturated heterocycles. The summed E-state index contributed by atoms with van der Waals surface area (Å²) in [5.74, 6) is -0.508. The number of nitrogens with one attached hydrogen (secondary N) is 1. The molecule has 2 rings (SSSR count). The highest BCUT2D eigenvalue weighted by atomic mass is 16.6. The molecule has 0 aliphatic heterocycles. The molecule has 0 heterocycles. The number of nitrogens with zero attached hydrogens (tertiary/aromatic N) is 1. The van der Waals surface area contributed by atoms with Crippen LogP contribution in [0.3, 0.4) is 0 Å². The van der Waals surface area contributed by atoms with E-state index < -0.39 is 10.8 Å². The van der Waals surface area contributed by atoms with E-state index in [1.165, 1.54) is 25.3 Å². The van der Waals surface area contributed by atoms with Gasteiger partial charge in [-0.1, -0.05) is 12.1 Å². The number of nitrogens with two attached hydrogens (primary N) is 1. The van der Waals surface area contributed by atoms with Gasteiger partial charge in [0.25, 0.3) is 5.69 Å². The first-order valence-corrected chi connectivity index (χ1v) is 6.60. The van der Waals surface area contributed by atoms with Crippen LogP contribution in [-0.4, -0.2) is 23.0 Å². The molecule has 0 aliphatic carbocycles. The summed E-state index contributed by atoms with van der Waals surface area (Å²) in [4.78, 5) is 21.9. The Morgan fingerprint density at radius 3 is 2.52 bits per heavy atom. The molecule has 8 heteroatoms.